The van der Waals surface area contributed by atoms with Gasteiger partial charge in [0.1, 0.15) is 17.3 Å². The molecular weight excluding hydrogens is 380 g/mol. The van der Waals surface area contributed by atoms with Crippen LogP contribution in [0.4, 0.5) is 10.7 Å². The highest BCUT2D eigenvalue weighted by Gasteiger charge is 2.32. The number of nitrogens with one attached hydrogen (secondary N) is 1. The molecule has 0 fully saturated rings. The van der Waals surface area contributed by atoms with Crippen LogP contribution in [0, 0.1) is 0 Å². The zero-order chi connectivity index (χ0) is 20.3. The van der Waals surface area contributed by atoms with Crippen molar-refractivity contribution in [3.8, 4) is 5.75 Å². The molecule has 1 N–H and O–H groups in total. The topological polar surface area (TPSA) is 84.9 Å². The third-order valence-electron chi connectivity index (χ3n) is 4.26. The second-order valence-corrected chi connectivity index (χ2v) is 7.37. The second kappa shape index (κ2) is 8.43. The molecule has 1 aromatic carbocycles. The molecular formula is C20H22N2O5S. The van der Waals surface area contributed by atoms with Crippen molar-refractivity contribution in [2.24, 2.45) is 0 Å². The van der Waals surface area contributed by atoms with Crippen molar-refractivity contribution in [3.05, 3.63) is 40.8 Å². The number of carbonyl (C=O) groups excluding carboxylic acids is 3. The van der Waals surface area contributed by atoms with E-state index in [0.717, 1.165) is 11.3 Å². The van der Waals surface area contributed by atoms with Crippen molar-refractivity contribution in [2.45, 2.75) is 33.3 Å². The molecule has 1 aliphatic heterocycles. The average Bonchev–Trinajstić information content (AvgIpc) is 3.08. The van der Waals surface area contributed by atoms with E-state index < -0.39 is 18.0 Å². The van der Waals surface area contributed by atoms with E-state index in [1.807, 2.05) is 13.0 Å². The molecule has 0 aliphatic carbocycles. The maximum absolute atomic E-state index is 12.7. The standard InChI is InChI=1S/C20H22N2O5S/c1-4-13-10-14(20(25)26-5-2)18(28-13)21-17(23)11-22-15-8-6-7-9-16(15)27-12(3)19(22)24/h6-10,12H,4-5,11H2,1-3H3,(H,21,23). The van der Waals surface area contributed by atoms with Crippen LogP contribution in [0.25, 0.3) is 0 Å². The minimum atomic E-state index is -0.675. The molecule has 2 heterocycles. The van der Waals surface area contributed by atoms with Gasteiger partial charge >= 0.3 is 5.97 Å². The molecule has 8 heteroatoms. The van der Waals surface area contributed by atoms with E-state index in [2.05, 4.69) is 5.32 Å². The van der Waals surface area contributed by atoms with Crippen molar-refractivity contribution < 1.29 is 23.9 Å². The van der Waals surface area contributed by atoms with Gasteiger partial charge in [0.25, 0.3) is 5.91 Å². The molecule has 0 saturated heterocycles. The number of hydrogen-bond acceptors (Lipinski definition) is 6. The van der Waals surface area contributed by atoms with Gasteiger partial charge in [-0.1, -0.05) is 19.1 Å². The van der Waals surface area contributed by atoms with Gasteiger partial charge in [0.15, 0.2) is 6.10 Å². The van der Waals surface area contributed by atoms with Gasteiger partial charge in [-0.25, -0.2) is 4.79 Å². The molecule has 2 amide bonds. The first kappa shape index (κ1) is 19.9. The van der Waals surface area contributed by atoms with Crippen LogP contribution < -0.4 is 15.0 Å². The first-order valence-corrected chi connectivity index (χ1v) is 9.93. The van der Waals surface area contributed by atoms with Crippen LogP contribution in [-0.4, -0.2) is 37.0 Å². The van der Waals surface area contributed by atoms with Gasteiger partial charge in [0.2, 0.25) is 5.91 Å². The first-order chi connectivity index (χ1) is 13.4. The van der Waals surface area contributed by atoms with E-state index in [-0.39, 0.29) is 19.1 Å². The Kier molecular flexibility index (Phi) is 5.99. The van der Waals surface area contributed by atoms with Crippen LogP contribution in [0.5, 0.6) is 5.75 Å². The van der Waals surface area contributed by atoms with E-state index >= 15 is 0 Å². The smallest absolute Gasteiger partial charge is 0.341 e. The van der Waals surface area contributed by atoms with Crippen molar-refractivity contribution in [3.63, 3.8) is 0 Å². The number of fused-ring (bicyclic) bond motifs is 1. The summed E-state index contributed by atoms with van der Waals surface area (Å²) in [4.78, 5) is 39.8. The fraction of sp³-hybridized carbons (Fsp3) is 0.350. The van der Waals surface area contributed by atoms with Gasteiger partial charge in [-0.3, -0.25) is 14.5 Å². The molecule has 0 bridgehead atoms. The summed E-state index contributed by atoms with van der Waals surface area (Å²) in [5.74, 6) is -0.610. The number of anilines is 2. The van der Waals surface area contributed by atoms with E-state index in [9.17, 15) is 14.4 Å². The highest BCUT2D eigenvalue weighted by molar-refractivity contribution is 7.16. The Morgan fingerprint density at radius 3 is 2.75 bits per heavy atom. The van der Waals surface area contributed by atoms with Gasteiger partial charge in [-0.2, -0.15) is 0 Å². The van der Waals surface area contributed by atoms with Crippen LogP contribution in [0.3, 0.4) is 0 Å². The molecule has 0 saturated carbocycles. The lowest BCUT2D eigenvalue weighted by molar-refractivity contribution is -0.127. The number of hydrogen-bond donors (Lipinski definition) is 1. The highest BCUT2D eigenvalue weighted by Crippen LogP contribution is 2.34. The number of benzene rings is 1. The molecule has 2 aromatic rings. The number of ether oxygens (including phenoxy) is 2. The summed E-state index contributed by atoms with van der Waals surface area (Å²) in [6.45, 7) is 5.42. The lowest BCUT2D eigenvalue weighted by atomic mass is 10.2. The quantitative estimate of drug-likeness (QED) is 0.750. The van der Waals surface area contributed by atoms with Crippen LogP contribution >= 0.6 is 11.3 Å². The van der Waals surface area contributed by atoms with Crippen molar-refractivity contribution in [2.75, 3.05) is 23.4 Å². The number of amides is 2. The van der Waals surface area contributed by atoms with Crippen LogP contribution in [0.15, 0.2) is 30.3 Å². The summed E-state index contributed by atoms with van der Waals surface area (Å²) < 4.78 is 10.7. The third kappa shape index (κ3) is 4.01. The highest BCUT2D eigenvalue weighted by atomic mass is 32.1. The zero-order valence-corrected chi connectivity index (χ0v) is 16.8. The maximum atomic E-state index is 12.7. The van der Waals surface area contributed by atoms with Crippen molar-refractivity contribution in [1.82, 2.24) is 0 Å². The Hall–Kier alpha value is -2.87. The molecule has 1 unspecified atom stereocenters. The Balaban J connectivity index is 1.80. The van der Waals surface area contributed by atoms with E-state index in [1.165, 1.54) is 16.2 Å². The molecule has 7 nitrogen and oxygen atoms in total. The fourth-order valence-corrected chi connectivity index (χ4v) is 3.90. The van der Waals surface area contributed by atoms with E-state index in [1.54, 1.807) is 38.1 Å². The monoisotopic (exact) mass is 402 g/mol. The summed E-state index contributed by atoms with van der Waals surface area (Å²) in [5, 5.41) is 3.19. The lowest BCUT2D eigenvalue weighted by Crippen LogP contribution is -2.47. The minimum Gasteiger partial charge on any atom is -0.479 e. The zero-order valence-electron chi connectivity index (χ0n) is 16.0. The van der Waals surface area contributed by atoms with E-state index in [0.29, 0.717) is 22.0 Å². The summed E-state index contributed by atoms with van der Waals surface area (Å²) in [7, 11) is 0. The molecule has 148 valence electrons. The van der Waals surface area contributed by atoms with Gasteiger partial charge in [0.05, 0.1) is 17.9 Å². The largest absolute Gasteiger partial charge is 0.479 e. The molecule has 3 rings (SSSR count). The number of thiophene rings is 1. The minimum absolute atomic E-state index is 0.175. The molecule has 28 heavy (non-hydrogen) atoms. The number of nitrogens with zero attached hydrogens (tertiary/aromatic N) is 1. The summed E-state index contributed by atoms with van der Waals surface area (Å²) >= 11 is 1.33. The Morgan fingerprint density at radius 1 is 1.29 bits per heavy atom. The maximum Gasteiger partial charge on any atom is 0.341 e. The van der Waals surface area contributed by atoms with E-state index in [4.69, 9.17) is 9.47 Å². The van der Waals surface area contributed by atoms with Crippen molar-refractivity contribution >= 4 is 39.8 Å². The number of para-hydroxylation sites is 2. The predicted octanol–water partition coefficient (Wildman–Crippen LogP) is 3.24. The third-order valence-corrected chi connectivity index (χ3v) is 5.45. The van der Waals surface area contributed by atoms with Gasteiger partial charge in [-0.15, -0.1) is 11.3 Å². The van der Waals surface area contributed by atoms with Crippen LogP contribution in [0.1, 0.15) is 36.0 Å². The van der Waals surface area contributed by atoms with Gasteiger partial charge < -0.3 is 14.8 Å². The summed E-state index contributed by atoms with van der Waals surface area (Å²) in [6.07, 6.45) is 0.0611. The fourth-order valence-electron chi connectivity index (χ4n) is 2.90. The van der Waals surface area contributed by atoms with Crippen LogP contribution in [0.2, 0.25) is 0 Å². The SMILES string of the molecule is CCOC(=O)c1cc(CC)sc1NC(=O)CN1C(=O)C(C)Oc2ccccc21. The molecule has 1 aliphatic rings. The summed E-state index contributed by atoms with van der Waals surface area (Å²) in [6, 6.07) is 8.81. The molecule has 0 radical (unpaired) electrons. The molecule has 1 aromatic heterocycles. The van der Waals surface area contributed by atoms with Crippen LogP contribution in [-0.2, 0) is 20.7 Å². The predicted molar refractivity (Wildman–Crippen MR) is 107 cm³/mol. The van der Waals surface area contributed by atoms with Crippen molar-refractivity contribution in [1.29, 1.82) is 0 Å². The Bertz CT molecular complexity index is 908. The van der Waals surface area contributed by atoms with Gasteiger partial charge in [-0.05, 0) is 38.5 Å². The lowest BCUT2D eigenvalue weighted by Gasteiger charge is -2.32. The molecule has 1 atom stereocenters. The normalized spacial score (nSPS) is 15.6. The number of aryl methyl sites for hydroxylation is 1. The second-order valence-electron chi connectivity index (χ2n) is 6.23. The average molecular weight is 402 g/mol. The number of rotatable bonds is 6. The summed E-state index contributed by atoms with van der Waals surface area (Å²) in [5.41, 5.74) is 0.880. The first-order valence-electron chi connectivity index (χ1n) is 9.11. The van der Waals surface area contributed by atoms with Gasteiger partial charge in [0, 0.05) is 4.88 Å². The molecule has 0 spiro atoms. The number of carbonyl (C=O) groups is 3. The number of esters is 1. The Labute approximate surface area is 167 Å². The Morgan fingerprint density at radius 2 is 2.04 bits per heavy atom.